The average molecular weight is 355 g/mol. The van der Waals surface area contributed by atoms with E-state index in [-0.39, 0.29) is 4.34 Å². The van der Waals surface area contributed by atoms with Gasteiger partial charge < -0.3 is 0 Å². The van der Waals surface area contributed by atoms with Gasteiger partial charge in [0.05, 0.1) is 11.5 Å². The fourth-order valence-electron chi connectivity index (χ4n) is 0.678. The Hall–Kier alpha value is 0.300. The minimum absolute atomic E-state index is 0.116. The van der Waals surface area contributed by atoms with E-state index in [4.69, 9.17) is 10.7 Å². The third-order valence-electron chi connectivity index (χ3n) is 1.32. The highest BCUT2D eigenvalue weighted by Gasteiger charge is 2.21. The van der Waals surface area contributed by atoms with Crippen molar-refractivity contribution in [3.63, 3.8) is 0 Å². The summed E-state index contributed by atoms with van der Waals surface area (Å²) in [5.74, 6) is -1.17. The van der Waals surface area contributed by atoms with E-state index in [1.54, 1.807) is 0 Å². The first-order chi connectivity index (χ1) is 6.71. The minimum Gasteiger partial charge on any atom is -0.221 e. The molecule has 0 amide bonds. The van der Waals surface area contributed by atoms with Gasteiger partial charge in [0.15, 0.2) is 0 Å². The number of nitrogens with zero attached hydrogens (tertiary/aromatic N) is 1. The van der Waals surface area contributed by atoms with Gasteiger partial charge in [-0.15, -0.1) is 11.3 Å². The maximum absolute atomic E-state index is 11.5. The largest absolute Gasteiger partial charge is 0.233 e. The zero-order chi connectivity index (χ0) is 11.7. The zero-order valence-corrected chi connectivity index (χ0v) is 11.8. The van der Waals surface area contributed by atoms with Gasteiger partial charge in [0.2, 0.25) is 23.2 Å². The summed E-state index contributed by atoms with van der Waals surface area (Å²) in [6.45, 7) is 0. The van der Waals surface area contributed by atoms with Crippen LogP contribution in [-0.2, 0) is 18.9 Å². The molecule has 0 aliphatic carbocycles. The van der Waals surface area contributed by atoms with Gasteiger partial charge in [-0.2, -0.15) is 0 Å². The molecule has 0 unspecified atom stereocenters. The Morgan fingerprint density at radius 2 is 1.93 bits per heavy atom. The summed E-state index contributed by atoms with van der Waals surface area (Å²) in [5.41, 5.74) is 0. The van der Waals surface area contributed by atoms with Crippen molar-refractivity contribution in [3.05, 3.63) is 9.98 Å². The third-order valence-corrected chi connectivity index (χ3v) is 6.49. The number of hydrogen-bond acceptors (Lipinski definition) is 6. The number of halogens is 2. The summed E-state index contributed by atoms with van der Waals surface area (Å²) in [4.78, 5) is 3.69. The number of rotatable bonds is 4. The summed E-state index contributed by atoms with van der Waals surface area (Å²) < 4.78 is 44.5. The second-order valence-electron chi connectivity index (χ2n) is 2.50. The summed E-state index contributed by atoms with van der Waals surface area (Å²) in [6, 6.07) is 0. The van der Waals surface area contributed by atoms with Gasteiger partial charge in [-0.25, -0.2) is 21.8 Å². The standard InChI is InChI=1S/C5H5BrClNO4S3/c6-4-3-13-5(8-4)14(9,10)1-2-15(7,11)12/h3H,1-2H2. The average Bonchev–Trinajstić information content (AvgIpc) is 2.48. The molecule has 0 atom stereocenters. The third kappa shape index (κ3) is 4.35. The van der Waals surface area contributed by atoms with E-state index in [0.717, 1.165) is 11.3 Å². The van der Waals surface area contributed by atoms with E-state index < -0.39 is 30.4 Å². The summed E-state index contributed by atoms with van der Waals surface area (Å²) in [6.07, 6.45) is 0. The van der Waals surface area contributed by atoms with Crippen molar-refractivity contribution in [2.45, 2.75) is 4.34 Å². The SMILES string of the molecule is O=S(=O)(Cl)CCS(=O)(=O)c1nc(Br)cs1. The first kappa shape index (κ1) is 13.4. The van der Waals surface area contributed by atoms with Gasteiger partial charge in [0, 0.05) is 16.1 Å². The van der Waals surface area contributed by atoms with E-state index in [2.05, 4.69) is 20.9 Å². The Morgan fingerprint density at radius 1 is 1.33 bits per heavy atom. The van der Waals surface area contributed by atoms with Crippen LogP contribution in [0.4, 0.5) is 0 Å². The van der Waals surface area contributed by atoms with Crippen molar-refractivity contribution in [2.75, 3.05) is 11.5 Å². The molecule has 86 valence electrons. The first-order valence-corrected chi connectivity index (χ1v) is 9.27. The Bertz CT molecular complexity index is 549. The molecule has 1 aromatic rings. The summed E-state index contributed by atoms with van der Waals surface area (Å²) >= 11 is 3.93. The zero-order valence-electron chi connectivity index (χ0n) is 7.05. The van der Waals surface area contributed by atoms with Crippen LogP contribution in [0.2, 0.25) is 0 Å². The van der Waals surface area contributed by atoms with Crippen LogP contribution >= 0.6 is 37.9 Å². The van der Waals surface area contributed by atoms with Crippen molar-refractivity contribution in [2.24, 2.45) is 0 Å². The van der Waals surface area contributed by atoms with Gasteiger partial charge >= 0.3 is 0 Å². The van der Waals surface area contributed by atoms with Crippen molar-refractivity contribution < 1.29 is 16.8 Å². The van der Waals surface area contributed by atoms with E-state index in [0.29, 0.717) is 4.60 Å². The highest BCUT2D eigenvalue weighted by Crippen LogP contribution is 2.20. The molecule has 0 saturated heterocycles. The molecule has 0 fully saturated rings. The molecule has 0 spiro atoms. The van der Waals surface area contributed by atoms with Crippen LogP contribution in [0.15, 0.2) is 14.3 Å². The van der Waals surface area contributed by atoms with E-state index in [1.165, 1.54) is 5.38 Å². The van der Waals surface area contributed by atoms with E-state index in [1.807, 2.05) is 0 Å². The van der Waals surface area contributed by atoms with Crippen molar-refractivity contribution in [1.29, 1.82) is 0 Å². The van der Waals surface area contributed by atoms with Crippen LogP contribution in [-0.4, -0.2) is 33.3 Å². The van der Waals surface area contributed by atoms with Gasteiger partial charge in [-0.1, -0.05) is 0 Å². The Balaban J connectivity index is 2.86. The Morgan fingerprint density at radius 3 is 2.33 bits per heavy atom. The molecule has 0 aromatic carbocycles. The van der Waals surface area contributed by atoms with Crippen molar-refractivity contribution >= 4 is 56.8 Å². The molecule has 5 nitrogen and oxygen atoms in total. The van der Waals surface area contributed by atoms with Crippen LogP contribution in [0, 0.1) is 0 Å². The van der Waals surface area contributed by atoms with Crippen LogP contribution in [0.25, 0.3) is 0 Å². The van der Waals surface area contributed by atoms with E-state index >= 15 is 0 Å². The lowest BCUT2D eigenvalue weighted by Crippen LogP contribution is -2.13. The lowest BCUT2D eigenvalue weighted by molar-refractivity contribution is 0.592. The first-order valence-electron chi connectivity index (χ1n) is 3.47. The summed E-state index contributed by atoms with van der Waals surface area (Å²) in [7, 11) is -2.55. The molecule has 10 heteroatoms. The number of hydrogen-bond donors (Lipinski definition) is 0. The molecule has 0 radical (unpaired) electrons. The summed E-state index contributed by atoms with van der Waals surface area (Å²) in [5, 5.41) is 1.50. The number of aromatic nitrogens is 1. The Kier molecular flexibility index (Phi) is 4.15. The van der Waals surface area contributed by atoms with Gasteiger partial charge in [0.1, 0.15) is 4.60 Å². The van der Waals surface area contributed by atoms with Crippen molar-refractivity contribution in [1.82, 2.24) is 4.98 Å². The molecule has 0 saturated carbocycles. The normalized spacial score (nSPS) is 12.9. The number of thiazole rings is 1. The molecule has 1 rings (SSSR count). The fraction of sp³-hybridized carbons (Fsp3) is 0.400. The van der Waals surface area contributed by atoms with Crippen LogP contribution < -0.4 is 0 Å². The van der Waals surface area contributed by atoms with Gasteiger partial charge in [-0.3, -0.25) is 0 Å². The molecular weight excluding hydrogens is 350 g/mol. The molecule has 15 heavy (non-hydrogen) atoms. The van der Waals surface area contributed by atoms with Gasteiger partial charge in [0.25, 0.3) is 0 Å². The lowest BCUT2D eigenvalue weighted by atomic mass is 11.0. The lowest BCUT2D eigenvalue weighted by Gasteiger charge is -1.97. The van der Waals surface area contributed by atoms with E-state index in [9.17, 15) is 16.8 Å². The second-order valence-corrected chi connectivity index (χ2v) is 9.35. The predicted molar refractivity (Wildman–Crippen MR) is 61.5 cm³/mol. The fourth-order valence-corrected chi connectivity index (χ4v) is 5.41. The Labute approximate surface area is 104 Å². The molecule has 1 heterocycles. The predicted octanol–water partition coefficient (Wildman–Crippen LogP) is 1.25. The molecule has 0 aliphatic rings. The van der Waals surface area contributed by atoms with Crippen LogP contribution in [0.1, 0.15) is 0 Å². The maximum atomic E-state index is 11.5. The highest BCUT2D eigenvalue weighted by molar-refractivity contribution is 9.10. The highest BCUT2D eigenvalue weighted by atomic mass is 79.9. The van der Waals surface area contributed by atoms with Crippen molar-refractivity contribution in [3.8, 4) is 0 Å². The minimum atomic E-state index is -3.80. The molecule has 1 aromatic heterocycles. The molecule has 0 bridgehead atoms. The smallest absolute Gasteiger partial charge is 0.221 e. The molecule has 0 aliphatic heterocycles. The maximum Gasteiger partial charge on any atom is 0.233 e. The molecule has 0 N–H and O–H groups in total. The monoisotopic (exact) mass is 353 g/mol. The quantitative estimate of drug-likeness (QED) is 0.760. The number of sulfone groups is 1. The van der Waals surface area contributed by atoms with Crippen LogP contribution in [0.5, 0.6) is 0 Å². The molecular formula is C5H5BrClNO4S3. The van der Waals surface area contributed by atoms with Crippen LogP contribution in [0.3, 0.4) is 0 Å². The topological polar surface area (TPSA) is 81.2 Å². The van der Waals surface area contributed by atoms with Gasteiger partial charge in [-0.05, 0) is 15.9 Å². The second kappa shape index (κ2) is 4.66.